The van der Waals surface area contributed by atoms with Gasteiger partial charge in [-0.3, -0.25) is 0 Å². The van der Waals surface area contributed by atoms with Gasteiger partial charge in [0.25, 0.3) is 0 Å². The molecule has 0 saturated heterocycles. The quantitative estimate of drug-likeness (QED) is 0.267. The van der Waals surface area contributed by atoms with Crippen LogP contribution in [-0.4, -0.2) is 0 Å². The van der Waals surface area contributed by atoms with Gasteiger partial charge in [0.15, 0.2) is 0 Å². The first-order valence-corrected chi connectivity index (χ1v) is 2.14. The summed E-state index contributed by atoms with van der Waals surface area (Å²) in [7, 11) is -2.43. The van der Waals surface area contributed by atoms with Crippen LogP contribution in [0.4, 0.5) is 0 Å². The topological polar surface area (TPSA) is 78.4 Å². The standard InChI is InChI=1S/C2H3O3S.H3N.Na/c1-2-5-6(3)4;;/h2H,1H2;1H3;/q-1;;+1. The molecule has 0 heterocycles. The molecule has 0 aromatic carbocycles. The van der Waals surface area contributed by atoms with Gasteiger partial charge < -0.3 is 18.8 Å². The Kier molecular flexibility index (Phi) is 20.6. The van der Waals surface area contributed by atoms with Crippen LogP contribution in [0.2, 0.25) is 0 Å². The van der Waals surface area contributed by atoms with Crippen molar-refractivity contribution in [1.29, 1.82) is 0 Å². The average molecular weight is 147 g/mol. The van der Waals surface area contributed by atoms with E-state index in [4.69, 9.17) is 0 Å². The Morgan fingerprint density at radius 3 is 1.88 bits per heavy atom. The van der Waals surface area contributed by atoms with E-state index in [9.17, 15) is 8.42 Å². The van der Waals surface area contributed by atoms with Crippen LogP contribution in [0.5, 0.6) is 0 Å². The maximum Gasteiger partial charge on any atom is 1.00 e. The van der Waals surface area contributed by atoms with E-state index in [1.807, 2.05) is 0 Å². The summed E-state index contributed by atoms with van der Waals surface area (Å²) in [4.78, 5) is 0. The second-order valence-electron chi connectivity index (χ2n) is 0.467. The molecule has 0 radical (unpaired) electrons. The van der Waals surface area contributed by atoms with Crippen LogP contribution in [0.3, 0.4) is 0 Å². The van der Waals surface area contributed by atoms with Gasteiger partial charge in [0.2, 0.25) is 0 Å². The molecular formula is C2H6NNaO3S. The van der Waals surface area contributed by atoms with Gasteiger partial charge in [-0.15, -0.1) is 0 Å². The van der Waals surface area contributed by atoms with Crippen LogP contribution in [0.15, 0.2) is 12.8 Å². The first kappa shape index (κ1) is 15.8. The van der Waals surface area contributed by atoms with Crippen LogP contribution in [-0.2, 0) is 23.6 Å². The third-order valence-electron chi connectivity index (χ3n) is 0.147. The van der Waals surface area contributed by atoms with E-state index in [1.54, 1.807) is 0 Å². The van der Waals surface area contributed by atoms with Crippen molar-refractivity contribution < 1.29 is 42.2 Å². The summed E-state index contributed by atoms with van der Waals surface area (Å²) in [6, 6.07) is 0. The van der Waals surface area contributed by atoms with E-state index in [2.05, 4.69) is 10.8 Å². The number of rotatable bonds is 2. The van der Waals surface area contributed by atoms with Crippen molar-refractivity contribution in [2.75, 3.05) is 0 Å². The van der Waals surface area contributed by atoms with Crippen molar-refractivity contribution in [3.63, 3.8) is 0 Å². The summed E-state index contributed by atoms with van der Waals surface area (Å²) in [6.07, 6.45) is 0.836. The minimum atomic E-state index is -2.43. The van der Waals surface area contributed by atoms with E-state index < -0.39 is 11.0 Å². The van der Waals surface area contributed by atoms with Gasteiger partial charge in [0, 0.05) is 0 Å². The molecule has 0 aliphatic heterocycles. The van der Waals surface area contributed by atoms with E-state index in [0.29, 0.717) is 0 Å². The Balaban J connectivity index is -0.000000125. The van der Waals surface area contributed by atoms with E-state index in [1.165, 1.54) is 0 Å². The molecule has 0 saturated carbocycles. The molecule has 44 valence electrons. The van der Waals surface area contributed by atoms with Crippen molar-refractivity contribution >= 4 is 11.0 Å². The first-order valence-electron chi connectivity index (χ1n) is 1.14. The molecule has 0 fully saturated rings. The second kappa shape index (κ2) is 10.4. The average Bonchev–Trinajstić information content (AvgIpc) is 1.35. The molecule has 0 spiro atoms. The zero-order valence-electron chi connectivity index (χ0n) is 4.62. The molecule has 0 amide bonds. The molecule has 0 atom stereocenters. The smallest absolute Gasteiger partial charge is 0.539 e. The molecule has 0 aliphatic carbocycles. The predicted molar refractivity (Wildman–Crippen MR) is 25.0 cm³/mol. The minimum absolute atomic E-state index is 0. The summed E-state index contributed by atoms with van der Waals surface area (Å²) in [6.45, 7) is 2.99. The molecule has 4 nitrogen and oxygen atoms in total. The van der Waals surface area contributed by atoms with Crippen molar-refractivity contribution in [3.8, 4) is 0 Å². The first-order chi connectivity index (χ1) is 2.77. The van der Waals surface area contributed by atoms with Gasteiger partial charge >= 0.3 is 29.6 Å². The van der Waals surface area contributed by atoms with Crippen molar-refractivity contribution in [1.82, 2.24) is 6.15 Å². The maximum absolute atomic E-state index is 9.31. The van der Waals surface area contributed by atoms with E-state index >= 15 is 0 Å². The van der Waals surface area contributed by atoms with Crippen LogP contribution < -0.4 is 35.7 Å². The monoisotopic (exact) mass is 147 g/mol. The number of hydrogen-bond acceptors (Lipinski definition) is 5. The molecule has 0 bridgehead atoms. The zero-order chi connectivity index (χ0) is 4.99. The maximum atomic E-state index is 9.31. The summed E-state index contributed by atoms with van der Waals surface area (Å²) in [5.74, 6) is 0. The summed E-state index contributed by atoms with van der Waals surface area (Å²) in [5.41, 5.74) is 0. The van der Waals surface area contributed by atoms with Gasteiger partial charge in [0.05, 0.1) is 6.26 Å². The van der Waals surface area contributed by atoms with Crippen LogP contribution >= 0.6 is 0 Å². The molecular weight excluding hydrogens is 141 g/mol. The van der Waals surface area contributed by atoms with E-state index in [0.717, 1.165) is 6.26 Å². The van der Waals surface area contributed by atoms with Crippen molar-refractivity contribution in [2.45, 2.75) is 0 Å². The molecule has 0 rings (SSSR count). The van der Waals surface area contributed by atoms with Gasteiger partial charge in [-0.25, -0.2) is 0 Å². The third kappa shape index (κ3) is 16.1. The summed E-state index contributed by atoms with van der Waals surface area (Å²) >= 11 is 0. The Bertz CT molecular complexity index is 104. The number of hydrogen-bond donors (Lipinski definition) is 1. The Labute approximate surface area is 71.9 Å². The fourth-order valence-electron chi connectivity index (χ4n) is 0.0556. The Hall–Kier alpha value is 0.450. The van der Waals surface area contributed by atoms with Gasteiger partial charge in [0.1, 0.15) is 11.0 Å². The van der Waals surface area contributed by atoms with E-state index in [-0.39, 0.29) is 35.7 Å². The molecule has 0 aliphatic rings. The van der Waals surface area contributed by atoms with Crippen LogP contribution in [0, 0.1) is 0 Å². The van der Waals surface area contributed by atoms with Crippen LogP contribution in [0.1, 0.15) is 0 Å². The normalized spacial score (nSPS) is 6.12. The second-order valence-corrected chi connectivity index (χ2v) is 1.07. The van der Waals surface area contributed by atoms with Gasteiger partial charge in [-0.05, 0) is 0 Å². The van der Waals surface area contributed by atoms with Gasteiger partial charge in [-0.1, -0.05) is 6.58 Å². The molecule has 3 N–H and O–H groups in total. The SMILES string of the molecule is C=CO[S-](=O)=O.N.[Na+]. The predicted octanol–water partition coefficient (Wildman–Crippen LogP) is -2.46. The van der Waals surface area contributed by atoms with Crippen molar-refractivity contribution in [2.24, 2.45) is 0 Å². The largest absolute Gasteiger partial charge is 1.00 e. The Morgan fingerprint density at radius 2 is 1.88 bits per heavy atom. The Morgan fingerprint density at radius 1 is 1.50 bits per heavy atom. The molecule has 6 heteroatoms. The third-order valence-corrected chi connectivity index (χ3v) is 0.440. The fraction of sp³-hybridized carbons (Fsp3) is 0. The summed E-state index contributed by atoms with van der Waals surface area (Å²) in [5, 5.41) is 0. The summed E-state index contributed by atoms with van der Waals surface area (Å²) < 4.78 is 22.3. The van der Waals surface area contributed by atoms with Crippen molar-refractivity contribution in [3.05, 3.63) is 12.8 Å². The molecule has 8 heavy (non-hydrogen) atoms. The molecule has 0 aromatic heterocycles. The minimum Gasteiger partial charge on any atom is -0.539 e. The molecule has 0 aromatic rings. The van der Waals surface area contributed by atoms with Crippen LogP contribution in [0.25, 0.3) is 0 Å². The van der Waals surface area contributed by atoms with Gasteiger partial charge in [-0.2, -0.15) is 0 Å². The zero-order valence-corrected chi connectivity index (χ0v) is 7.44. The fourth-order valence-corrected chi connectivity index (χ4v) is 0.167. The molecule has 0 unspecified atom stereocenters.